The topological polar surface area (TPSA) is 260 Å². The number of rotatable bonds is 8. The first-order valence-corrected chi connectivity index (χ1v) is 9.72. The van der Waals surface area contributed by atoms with Crippen LogP contribution in [0.2, 0.25) is 0 Å². The molecule has 1 heterocycles. The Bertz CT molecular complexity index is 911. The summed E-state index contributed by atoms with van der Waals surface area (Å²) in [5.74, 6) is -1.62. The Morgan fingerprint density at radius 1 is 1.09 bits per heavy atom. The van der Waals surface area contributed by atoms with Gasteiger partial charge in [0.1, 0.15) is 24.4 Å². The van der Waals surface area contributed by atoms with Gasteiger partial charge in [-0.3, -0.25) is 4.79 Å². The first-order chi connectivity index (χ1) is 15.8. The Balaban J connectivity index is 2.41. The highest BCUT2D eigenvalue weighted by Crippen LogP contribution is 2.36. The van der Waals surface area contributed by atoms with Gasteiger partial charge in [-0.05, 0) is 28.5 Å². The molecule has 1 N–H and O–H groups in total. The quantitative estimate of drug-likeness (QED) is 0.243. The van der Waals surface area contributed by atoms with Crippen LogP contribution in [0.15, 0.2) is 20.5 Å². The minimum atomic E-state index is -1.77. The van der Waals surface area contributed by atoms with Gasteiger partial charge in [0.15, 0.2) is 6.29 Å². The number of alkyl halides is 1. The lowest BCUT2D eigenvalue weighted by molar-refractivity contribution is -0.272. The maximum Gasteiger partial charge on any atom is 0.303 e. The van der Waals surface area contributed by atoms with E-state index in [4.69, 9.17) is 36.3 Å². The summed E-state index contributed by atoms with van der Waals surface area (Å²) in [6.45, 7) is 2.30. The Kier molecular flexibility index (Phi) is 9.33. The van der Waals surface area contributed by atoms with E-state index in [1.165, 1.54) is 6.92 Å². The van der Waals surface area contributed by atoms with Gasteiger partial charge in [0.25, 0.3) is 0 Å². The van der Waals surface area contributed by atoms with Crippen molar-refractivity contribution in [2.75, 3.05) is 6.54 Å². The third kappa shape index (κ3) is 6.06. The molecular weight excluding hydrogens is 447 g/mol. The smallest absolute Gasteiger partial charge is 0.303 e. The zero-order valence-electron chi connectivity index (χ0n) is 17.5. The van der Waals surface area contributed by atoms with E-state index in [-0.39, 0.29) is 13.0 Å². The highest BCUT2D eigenvalue weighted by atomic mass is 19.1. The van der Waals surface area contributed by atoms with Gasteiger partial charge in [-0.25, -0.2) is 4.39 Å². The summed E-state index contributed by atoms with van der Waals surface area (Å²) < 4.78 is 31.5. The number of esters is 1. The maximum absolute atomic E-state index is 15.0. The molecule has 178 valence electrons. The molecule has 10 atom stereocenters. The van der Waals surface area contributed by atoms with Gasteiger partial charge >= 0.3 is 5.97 Å². The number of ether oxygens (including phenoxy) is 3. The fourth-order valence-corrected chi connectivity index (χ4v) is 3.84. The zero-order valence-corrected chi connectivity index (χ0v) is 17.5. The summed E-state index contributed by atoms with van der Waals surface area (Å²) >= 11 is 0. The number of hydrogen-bond acceptors (Lipinski definition) is 9. The average molecular weight is 468 g/mol. The predicted molar refractivity (Wildman–Crippen MR) is 107 cm³/mol. The molecule has 18 heteroatoms. The Morgan fingerprint density at radius 3 is 2.24 bits per heavy atom. The van der Waals surface area contributed by atoms with Crippen molar-refractivity contribution >= 4 is 5.97 Å². The van der Waals surface area contributed by atoms with Gasteiger partial charge in [0.2, 0.25) is 0 Å². The van der Waals surface area contributed by atoms with Gasteiger partial charge < -0.3 is 19.3 Å². The summed E-state index contributed by atoms with van der Waals surface area (Å²) in [4.78, 5) is 22.1. The van der Waals surface area contributed by atoms with Crippen molar-refractivity contribution in [3.63, 3.8) is 0 Å². The maximum atomic E-state index is 15.0. The van der Waals surface area contributed by atoms with Crippen molar-refractivity contribution in [1.82, 2.24) is 0 Å². The molecular formula is C15H21FN12O5. The van der Waals surface area contributed by atoms with Crippen molar-refractivity contribution in [3.8, 4) is 0 Å². The lowest BCUT2D eigenvalue weighted by Crippen LogP contribution is -2.60. The van der Waals surface area contributed by atoms with Crippen LogP contribution in [-0.4, -0.2) is 72.6 Å². The normalized spacial score (nSPS) is 37.8. The molecule has 0 bridgehead atoms. The van der Waals surface area contributed by atoms with E-state index < -0.39 is 66.9 Å². The molecule has 0 aromatic heterocycles. The SMILES string of the molecule is CC(=O)O[C@@H]1[C@@H](O)[C@H](O[C@H]2OC(CN=[N+]=[N-])[C@@H](C)[C@@H](F)[C@H]2N=[N+]=[N-])[C@@H](N=[N+]=[N-])C[C@H]1N=[N+]=[N-]. The van der Waals surface area contributed by atoms with Crippen LogP contribution >= 0.6 is 0 Å². The second-order valence-electron chi connectivity index (χ2n) is 7.40. The minimum Gasteiger partial charge on any atom is -0.459 e. The van der Waals surface area contributed by atoms with E-state index in [0.717, 1.165) is 6.92 Å². The Morgan fingerprint density at radius 2 is 1.70 bits per heavy atom. The van der Waals surface area contributed by atoms with E-state index in [0.29, 0.717) is 0 Å². The number of azide groups is 4. The standard InChI is InChI=1S/C15H21FN12O5/c1-5-9(4-21-25-17)32-15(11(10(5)16)24-28-20)33-14-8(23-27-19)3-7(22-26-18)13(12(14)30)31-6(2)29/h5,7-15,30H,3-4H2,1-2H3/t5-,7-,8+,9?,10-,11-,12-,13+,14-,15-/m1/s1. The van der Waals surface area contributed by atoms with Crippen molar-refractivity contribution in [1.29, 1.82) is 0 Å². The molecule has 1 aliphatic heterocycles. The first-order valence-electron chi connectivity index (χ1n) is 9.72. The van der Waals surface area contributed by atoms with Gasteiger partial charge in [-0.1, -0.05) is 27.4 Å². The molecule has 0 radical (unpaired) electrons. The van der Waals surface area contributed by atoms with Gasteiger partial charge in [-0.15, -0.1) is 0 Å². The van der Waals surface area contributed by atoms with Crippen molar-refractivity contribution in [3.05, 3.63) is 41.8 Å². The number of aliphatic hydroxyl groups excluding tert-OH is 1. The summed E-state index contributed by atoms with van der Waals surface area (Å²) in [5.41, 5.74) is 35.2. The van der Waals surface area contributed by atoms with Gasteiger partial charge in [0, 0.05) is 32.5 Å². The highest BCUT2D eigenvalue weighted by molar-refractivity contribution is 5.66. The summed E-state index contributed by atoms with van der Waals surface area (Å²) in [6.07, 6.45) is -8.94. The van der Waals surface area contributed by atoms with Crippen molar-refractivity contribution < 1.29 is 28.5 Å². The second kappa shape index (κ2) is 11.9. The van der Waals surface area contributed by atoms with Crippen LogP contribution in [0, 0.1) is 5.92 Å². The second-order valence-corrected chi connectivity index (χ2v) is 7.40. The molecule has 2 fully saturated rings. The van der Waals surface area contributed by atoms with Crippen molar-refractivity contribution in [2.45, 2.75) is 75.3 Å². The third-order valence-corrected chi connectivity index (χ3v) is 5.42. The molecule has 17 nitrogen and oxygen atoms in total. The van der Waals surface area contributed by atoms with E-state index in [1.54, 1.807) is 0 Å². The summed E-state index contributed by atoms with van der Waals surface area (Å²) in [6, 6.07) is -3.72. The molecule has 2 aliphatic rings. The third-order valence-electron chi connectivity index (χ3n) is 5.42. The monoisotopic (exact) mass is 468 g/mol. The fraction of sp³-hybridized carbons (Fsp3) is 0.933. The van der Waals surface area contributed by atoms with E-state index in [9.17, 15) is 9.90 Å². The summed E-state index contributed by atoms with van der Waals surface area (Å²) in [5, 5.41) is 24.7. The number of hydrogen-bond donors (Lipinski definition) is 1. The highest BCUT2D eigenvalue weighted by Gasteiger charge is 2.51. The van der Waals surface area contributed by atoms with Crippen LogP contribution in [0.5, 0.6) is 0 Å². The van der Waals surface area contributed by atoms with Crippen LogP contribution in [0.25, 0.3) is 41.8 Å². The van der Waals surface area contributed by atoms with Crippen LogP contribution in [-0.2, 0) is 19.0 Å². The molecule has 33 heavy (non-hydrogen) atoms. The molecule has 0 spiro atoms. The van der Waals surface area contributed by atoms with Crippen LogP contribution in [0.1, 0.15) is 20.3 Å². The Labute approximate surface area is 185 Å². The fourth-order valence-electron chi connectivity index (χ4n) is 3.84. The van der Waals surface area contributed by atoms with Crippen LogP contribution in [0.3, 0.4) is 0 Å². The van der Waals surface area contributed by atoms with E-state index in [1.807, 2.05) is 0 Å². The number of aliphatic hydroxyl groups is 1. The largest absolute Gasteiger partial charge is 0.459 e. The molecule has 1 saturated heterocycles. The molecule has 1 aliphatic carbocycles. The number of nitrogens with zero attached hydrogens (tertiary/aromatic N) is 12. The molecule has 0 amide bonds. The zero-order chi connectivity index (χ0) is 24.5. The lowest BCUT2D eigenvalue weighted by Gasteiger charge is -2.45. The van der Waals surface area contributed by atoms with E-state index in [2.05, 4.69) is 40.1 Å². The van der Waals surface area contributed by atoms with Gasteiger partial charge in [0.05, 0.1) is 30.8 Å². The number of carbonyl (C=O) groups is 1. The molecule has 1 unspecified atom stereocenters. The van der Waals surface area contributed by atoms with Crippen LogP contribution in [0.4, 0.5) is 4.39 Å². The lowest BCUT2D eigenvalue weighted by atomic mass is 9.84. The van der Waals surface area contributed by atoms with Gasteiger partial charge in [-0.2, -0.15) is 0 Å². The number of carbonyl (C=O) groups excluding carboxylic acids is 1. The molecule has 0 aromatic carbocycles. The predicted octanol–water partition coefficient (Wildman–Crippen LogP) is 3.11. The van der Waals surface area contributed by atoms with E-state index >= 15 is 4.39 Å². The average Bonchev–Trinajstić information content (AvgIpc) is 2.77. The summed E-state index contributed by atoms with van der Waals surface area (Å²) in [7, 11) is 0. The molecule has 2 rings (SSSR count). The minimum absolute atomic E-state index is 0.176. The number of halogens is 1. The molecule has 1 saturated carbocycles. The molecule has 0 aromatic rings. The Hall–Kier alpha value is -3.48. The van der Waals surface area contributed by atoms with Crippen LogP contribution < -0.4 is 0 Å². The van der Waals surface area contributed by atoms with Crippen molar-refractivity contribution in [2.24, 2.45) is 26.4 Å². The first kappa shape index (κ1) is 25.8.